The molecule has 0 amide bonds. The van der Waals surface area contributed by atoms with Gasteiger partial charge in [-0.2, -0.15) is 5.10 Å². The summed E-state index contributed by atoms with van der Waals surface area (Å²) in [5.74, 6) is 1.62. The van der Waals surface area contributed by atoms with Crippen molar-refractivity contribution in [3.8, 4) is 5.75 Å². The zero-order chi connectivity index (χ0) is 10.7. The fraction of sp³-hybridized carbons (Fsp3) is 0.200. The Morgan fingerprint density at radius 2 is 2.07 bits per heavy atom. The molecule has 2 aromatic rings. The summed E-state index contributed by atoms with van der Waals surface area (Å²) in [7, 11) is 1.84. The monoisotopic (exact) mass is 267 g/mol. The molecule has 1 aromatic carbocycles. The third-order valence-electron chi connectivity index (χ3n) is 1.99. The Balaban J connectivity index is 1.99. The predicted molar refractivity (Wildman–Crippen MR) is 59.5 cm³/mol. The molecule has 0 bridgehead atoms. The second kappa shape index (κ2) is 4.44. The number of rotatable bonds is 3. The molecule has 0 aliphatic carbocycles. The van der Waals surface area contributed by atoms with Gasteiger partial charge in [0.15, 0.2) is 5.82 Å². The van der Waals surface area contributed by atoms with Crippen molar-refractivity contribution in [2.45, 2.75) is 6.61 Å². The molecule has 0 atom stereocenters. The quantitative estimate of drug-likeness (QED) is 0.856. The molecule has 2 rings (SSSR count). The van der Waals surface area contributed by atoms with Gasteiger partial charge in [-0.3, -0.25) is 4.68 Å². The van der Waals surface area contributed by atoms with Gasteiger partial charge in [0.2, 0.25) is 0 Å². The van der Waals surface area contributed by atoms with Crippen LogP contribution in [0.1, 0.15) is 5.82 Å². The molecule has 0 saturated heterocycles. The molecule has 0 aliphatic rings. The van der Waals surface area contributed by atoms with E-state index in [1.807, 2.05) is 31.3 Å². The molecule has 0 radical (unpaired) electrons. The van der Waals surface area contributed by atoms with E-state index in [1.165, 1.54) is 6.33 Å². The number of hydrogen-bond acceptors (Lipinski definition) is 3. The van der Waals surface area contributed by atoms with E-state index in [-0.39, 0.29) is 0 Å². The molecule has 5 heteroatoms. The Labute approximate surface area is 96.0 Å². The average molecular weight is 268 g/mol. The minimum atomic E-state index is 0.429. The maximum atomic E-state index is 5.54. The summed E-state index contributed by atoms with van der Waals surface area (Å²) >= 11 is 3.36. The first-order chi connectivity index (χ1) is 7.25. The van der Waals surface area contributed by atoms with E-state index >= 15 is 0 Å². The van der Waals surface area contributed by atoms with Crippen LogP contribution in [0.15, 0.2) is 35.1 Å². The van der Waals surface area contributed by atoms with Gasteiger partial charge in [-0.25, -0.2) is 4.98 Å². The lowest BCUT2D eigenvalue weighted by Gasteiger charge is -2.04. The van der Waals surface area contributed by atoms with Crippen molar-refractivity contribution >= 4 is 15.9 Å². The minimum Gasteiger partial charge on any atom is -0.486 e. The van der Waals surface area contributed by atoms with Crippen LogP contribution in [0.3, 0.4) is 0 Å². The zero-order valence-corrected chi connectivity index (χ0v) is 9.81. The molecule has 0 spiro atoms. The van der Waals surface area contributed by atoms with Gasteiger partial charge in [0, 0.05) is 11.5 Å². The molecule has 0 unspecified atom stereocenters. The smallest absolute Gasteiger partial charge is 0.164 e. The normalized spacial score (nSPS) is 10.3. The molecule has 1 heterocycles. The Bertz CT molecular complexity index is 438. The van der Waals surface area contributed by atoms with Gasteiger partial charge in [-0.05, 0) is 24.3 Å². The van der Waals surface area contributed by atoms with Crippen LogP contribution in [0.2, 0.25) is 0 Å². The summed E-state index contributed by atoms with van der Waals surface area (Å²) < 4.78 is 8.27. The van der Waals surface area contributed by atoms with Crippen LogP contribution < -0.4 is 4.74 Å². The van der Waals surface area contributed by atoms with Crippen LogP contribution in [0.25, 0.3) is 0 Å². The van der Waals surface area contributed by atoms with Gasteiger partial charge in [0.1, 0.15) is 18.7 Å². The second-order valence-electron chi connectivity index (χ2n) is 3.04. The Kier molecular flexibility index (Phi) is 3.01. The highest BCUT2D eigenvalue weighted by molar-refractivity contribution is 9.10. The summed E-state index contributed by atoms with van der Waals surface area (Å²) in [6, 6.07) is 7.68. The van der Waals surface area contributed by atoms with Crippen LogP contribution in [-0.4, -0.2) is 14.8 Å². The highest BCUT2D eigenvalue weighted by Gasteiger charge is 2.01. The number of nitrogens with zero attached hydrogens (tertiary/aromatic N) is 3. The minimum absolute atomic E-state index is 0.429. The zero-order valence-electron chi connectivity index (χ0n) is 8.22. The number of aromatic nitrogens is 3. The van der Waals surface area contributed by atoms with Gasteiger partial charge >= 0.3 is 0 Å². The third-order valence-corrected chi connectivity index (χ3v) is 2.52. The van der Waals surface area contributed by atoms with Crippen molar-refractivity contribution in [1.82, 2.24) is 14.8 Å². The molecule has 4 nitrogen and oxygen atoms in total. The van der Waals surface area contributed by atoms with Crippen molar-refractivity contribution in [2.24, 2.45) is 7.05 Å². The lowest BCUT2D eigenvalue weighted by Crippen LogP contribution is -2.04. The molecule has 0 aliphatic heterocycles. The lowest BCUT2D eigenvalue weighted by molar-refractivity contribution is 0.289. The van der Waals surface area contributed by atoms with Gasteiger partial charge in [0.25, 0.3) is 0 Å². The highest BCUT2D eigenvalue weighted by Crippen LogP contribution is 2.16. The van der Waals surface area contributed by atoms with E-state index in [0.717, 1.165) is 16.0 Å². The van der Waals surface area contributed by atoms with Gasteiger partial charge < -0.3 is 4.74 Å². The van der Waals surface area contributed by atoms with Gasteiger partial charge in [0.05, 0.1) is 0 Å². The molecule has 0 saturated carbocycles. The van der Waals surface area contributed by atoms with E-state index in [1.54, 1.807) is 4.68 Å². The fourth-order valence-electron chi connectivity index (χ4n) is 1.13. The van der Waals surface area contributed by atoms with E-state index in [2.05, 4.69) is 26.0 Å². The average Bonchev–Trinajstić information content (AvgIpc) is 2.63. The lowest BCUT2D eigenvalue weighted by atomic mass is 10.3. The van der Waals surface area contributed by atoms with Crippen LogP contribution in [0.5, 0.6) is 5.75 Å². The number of aryl methyl sites for hydroxylation is 1. The van der Waals surface area contributed by atoms with Crippen LogP contribution >= 0.6 is 15.9 Å². The Hall–Kier alpha value is -1.36. The van der Waals surface area contributed by atoms with Crippen molar-refractivity contribution in [1.29, 1.82) is 0 Å². The SMILES string of the molecule is Cn1ncnc1COc1ccc(Br)cc1. The first kappa shape index (κ1) is 10.2. The van der Waals surface area contributed by atoms with Crippen molar-refractivity contribution in [2.75, 3.05) is 0 Å². The van der Waals surface area contributed by atoms with E-state index < -0.39 is 0 Å². The first-order valence-corrected chi connectivity index (χ1v) is 5.26. The van der Waals surface area contributed by atoms with Crippen LogP contribution in [-0.2, 0) is 13.7 Å². The highest BCUT2D eigenvalue weighted by atomic mass is 79.9. The summed E-state index contributed by atoms with van der Waals surface area (Å²) in [5, 5.41) is 3.96. The van der Waals surface area contributed by atoms with Crippen molar-refractivity contribution in [3.63, 3.8) is 0 Å². The molecule has 15 heavy (non-hydrogen) atoms. The standard InChI is InChI=1S/C10H10BrN3O/c1-14-10(12-7-13-14)6-15-9-4-2-8(11)3-5-9/h2-5,7H,6H2,1H3. The topological polar surface area (TPSA) is 39.9 Å². The number of benzene rings is 1. The van der Waals surface area contributed by atoms with Gasteiger partial charge in [-0.15, -0.1) is 0 Å². The van der Waals surface area contributed by atoms with Gasteiger partial charge in [-0.1, -0.05) is 15.9 Å². The molecule has 0 N–H and O–H groups in total. The van der Waals surface area contributed by atoms with Crippen LogP contribution in [0, 0.1) is 0 Å². The third kappa shape index (κ3) is 2.56. The number of hydrogen-bond donors (Lipinski definition) is 0. The Morgan fingerprint density at radius 3 is 2.67 bits per heavy atom. The van der Waals surface area contributed by atoms with Crippen molar-refractivity contribution < 1.29 is 4.74 Å². The maximum absolute atomic E-state index is 5.54. The second-order valence-corrected chi connectivity index (χ2v) is 3.96. The maximum Gasteiger partial charge on any atom is 0.164 e. The predicted octanol–water partition coefficient (Wildman–Crippen LogP) is 2.16. The first-order valence-electron chi connectivity index (χ1n) is 4.47. The number of halogens is 1. The molecular formula is C10H10BrN3O. The largest absolute Gasteiger partial charge is 0.486 e. The van der Waals surface area contributed by atoms with E-state index in [0.29, 0.717) is 6.61 Å². The summed E-state index contributed by atoms with van der Waals surface area (Å²) in [5.41, 5.74) is 0. The summed E-state index contributed by atoms with van der Waals surface area (Å²) in [6.45, 7) is 0.429. The Morgan fingerprint density at radius 1 is 1.33 bits per heavy atom. The summed E-state index contributed by atoms with van der Waals surface area (Å²) in [6.07, 6.45) is 1.51. The molecule has 0 fully saturated rings. The molecule has 78 valence electrons. The number of ether oxygens (including phenoxy) is 1. The summed E-state index contributed by atoms with van der Waals surface area (Å²) in [4.78, 5) is 4.07. The van der Waals surface area contributed by atoms with E-state index in [9.17, 15) is 0 Å². The van der Waals surface area contributed by atoms with Crippen molar-refractivity contribution in [3.05, 3.63) is 40.9 Å². The van der Waals surface area contributed by atoms with E-state index in [4.69, 9.17) is 4.74 Å². The fourth-order valence-corrected chi connectivity index (χ4v) is 1.39. The van der Waals surface area contributed by atoms with Crippen LogP contribution in [0.4, 0.5) is 0 Å². The molecular weight excluding hydrogens is 258 g/mol. The molecule has 1 aromatic heterocycles.